The van der Waals surface area contributed by atoms with Crippen LogP contribution in [0, 0.1) is 5.41 Å². The second kappa shape index (κ2) is 7.64. The summed E-state index contributed by atoms with van der Waals surface area (Å²) in [5.74, 6) is 0.950. The highest BCUT2D eigenvalue weighted by Gasteiger charge is 2.28. The van der Waals surface area contributed by atoms with Crippen LogP contribution in [0.25, 0.3) is 0 Å². The second-order valence-corrected chi connectivity index (χ2v) is 7.15. The molecule has 0 spiro atoms. The van der Waals surface area contributed by atoms with E-state index in [1.54, 1.807) is 12.3 Å². The summed E-state index contributed by atoms with van der Waals surface area (Å²) >= 11 is 0. The Morgan fingerprint density at radius 3 is 2.50 bits per heavy atom. The van der Waals surface area contributed by atoms with Gasteiger partial charge in [-0.2, -0.15) is 0 Å². The summed E-state index contributed by atoms with van der Waals surface area (Å²) in [5, 5.41) is 2.77. The molecule has 0 aliphatic carbocycles. The molecule has 0 radical (unpaired) electrons. The van der Waals surface area contributed by atoms with E-state index in [2.05, 4.69) is 15.2 Å². The molecule has 24 heavy (non-hydrogen) atoms. The minimum Gasteiger partial charge on any atom is -0.355 e. The molecule has 2 amide bonds. The Hall–Kier alpha value is -2.11. The average Bonchev–Trinajstić information content (AvgIpc) is 2.79. The summed E-state index contributed by atoms with van der Waals surface area (Å²) in [4.78, 5) is 32.8. The van der Waals surface area contributed by atoms with E-state index < -0.39 is 0 Å². The molecular weight excluding hydrogens is 304 g/mol. The van der Waals surface area contributed by atoms with Crippen molar-refractivity contribution in [1.82, 2.24) is 15.2 Å². The van der Waals surface area contributed by atoms with Crippen LogP contribution >= 0.6 is 0 Å². The topological polar surface area (TPSA) is 65.5 Å². The molecule has 0 bridgehead atoms. The summed E-state index contributed by atoms with van der Waals surface area (Å²) in [6.07, 6.45) is 2.53. The Morgan fingerprint density at radius 1 is 1.17 bits per heavy atom. The number of anilines is 1. The lowest BCUT2D eigenvalue weighted by Crippen LogP contribution is -2.41. The predicted molar refractivity (Wildman–Crippen MR) is 95.1 cm³/mol. The van der Waals surface area contributed by atoms with E-state index in [9.17, 15) is 9.59 Å². The lowest BCUT2D eigenvalue weighted by Gasteiger charge is -2.28. The van der Waals surface area contributed by atoms with Gasteiger partial charge in [0.05, 0.1) is 5.56 Å². The molecular formula is C18H28N4O2. The van der Waals surface area contributed by atoms with Gasteiger partial charge in [-0.05, 0) is 25.5 Å². The van der Waals surface area contributed by atoms with E-state index in [1.165, 1.54) is 0 Å². The van der Waals surface area contributed by atoms with Crippen LogP contribution in [-0.4, -0.2) is 54.4 Å². The SMILES string of the molecule is CCNC(=O)c1ccc(N2CCCN(C(=O)C(C)(C)C)CC2)nc1. The van der Waals surface area contributed by atoms with Crippen LogP contribution in [0.2, 0.25) is 0 Å². The molecule has 1 aliphatic rings. The van der Waals surface area contributed by atoms with Gasteiger partial charge in [0.15, 0.2) is 0 Å². The zero-order chi connectivity index (χ0) is 17.7. The van der Waals surface area contributed by atoms with Crippen molar-refractivity contribution in [2.24, 2.45) is 5.41 Å². The first kappa shape index (κ1) is 18.2. The summed E-state index contributed by atoms with van der Waals surface area (Å²) in [5.41, 5.74) is 0.224. The lowest BCUT2D eigenvalue weighted by molar-refractivity contribution is -0.139. The van der Waals surface area contributed by atoms with Gasteiger partial charge in [0, 0.05) is 44.3 Å². The molecule has 1 aromatic heterocycles. The third-order valence-corrected chi connectivity index (χ3v) is 4.10. The van der Waals surface area contributed by atoms with Crippen molar-refractivity contribution in [3.05, 3.63) is 23.9 Å². The van der Waals surface area contributed by atoms with Crippen molar-refractivity contribution in [3.8, 4) is 0 Å². The fourth-order valence-corrected chi connectivity index (χ4v) is 2.79. The molecule has 1 N–H and O–H groups in total. The number of rotatable bonds is 3. The molecule has 0 unspecified atom stereocenters. The van der Waals surface area contributed by atoms with Gasteiger partial charge in [0.2, 0.25) is 5.91 Å². The number of hydrogen-bond acceptors (Lipinski definition) is 4. The number of carbonyl (C=O) groups is 2. The number of pyridine rings is 1. The number of aromatic nitrogens is 1. The Morgan fingerprint density at radius 2 is 1.92 bits per heavy atom. The van der Waals surface area contributed by atoms with E-state index in [1.807, 2.05) is 38.7 Å². The first-order valence-corrected chi connectivity index (χ1v) is 8.61. The molecule has 1 fully saturated rings. The number of hydrogen-bond donors (Lipinski definition) is 1. The molecule has 6 heteroatoms. The van der Waals surface area contributed by atoms with Crippen LogP contribution in [0.3, 0.4) is 0 Å². The normalized spacial score (nSPS) is 15.8. The van der Waals surface area contributed by atoms with Crippen molar-refractivity contribution >= 4 is 17.6 Å². The van der Waals surface area contributed by atoms with E-state index >= 15 is 0 Å². The molecule has 2 rings (SSSR count). The number of nitrogens with one attached hydrogen (secondary N) is 1. The van der Waals surface area contributed by atoms with Crippen molar-refractivity contribution in [2.75, 3.05) is 37.6 Å². The van der Waals surface area contributed by atoms with E-state index in [-0.39, 0.29) is 17.2 Å². The highest BCUT2D eigenvalue weighted by molar-refractivity contribution is 5.94. The summed E-state index contributed by atoms with van der Waals surface area (Å²) in [7, 11) is 0. The highest BCUT2D eigenvalue weighted by atomic mass is 16.2. The first-order valence-electron chi connectivity index (χ1n) is 8.61. The van der Waals surface area contributed by atoms with Gasteiger partial charge in [0.25, 0.3) is 5.91 Å². The zero-order valence-electron chi connectivity index (χ0n) is 15.1. The van der Waals surface area contributed by atoms with Gasteiger partial charge in [-0.1, -0.05) is 20.8 Å². The van der Waals surface area contributed by atoms with Gasteiger partial charge in [0.1, 0.15) is 5.82 Å². The standard InChI is InChI=1S/C18H28N4O2/c1-5-19-16(23)14-7-8-15(20-13-14)21-9-6-10-22(12-11-21)17(24)18(2,3)4/h7-8,13H,5-6,9-12H2,1-4H3,(H,19,23). The van der Waals surface area contributed by atoms with E-state index in [0.29, 0.717) is 18.7 Å². The van der Waals surface area contributed by atoms with Crippen LogP contribution in [0.1, 0.15) is 44.5 Å². The number of nitrogens with zero attached hydrogens (tertiary/aromatic N) is 3. The third kappa shape index (κ3) is 4.46. The molecule has 6 nitrogen and oxygen atoms in total. The van der Waals surface area contributed by atoms with E-state index in [0.717, 1.165) is 31.9 Å². The maximum Gasteiger partial charge on any atom is 0.252 e. The van der Waals surface area contributed by atoms with Gasteiger partial charge in [-0.15, -0.1) is 0 Å². The Balaban J connectivity index is 2.01. The van der Waals surface area contributed by atoms with Crippen molar-refractivity contribution in [3.63, 3.8) is 0 Å². The maximum absolute atomic E-state index is 12.4. The Bertz CT molecular complexity index is 578. The minimum atomic E-state index is -0.346. The van der Waals surface area contributed by atoms with E-state index in [4.69, 9.17) is 0 Å². The second-order valence-electron chi connectivity index (χ2n) is 7.15. The van der Waals surface area contributed by atoms with Crippen molar-refractivity contribution in [1.29, 1.82) is 0 Å². The van der Waals surface area contributed by atoms with Crippen LogP contribution in [0.15, 0.2) is 18.3 Å². The molecule has 132 valence electrons. The van der Waals surface area contributed by atoms with Gasteiger partial charge in [-0.25, -0.2) is 4.98 Å². The first-order chi connectivity index (χ1) is 11.3. The quantitative estimate of drug-likeness (QED) is 0.918. The van der Waals surface area contributed by atoms with Crippen LogP contribution in [0.4, 0.5) is 5.82 Å². The monoisotopic (exact) mass is 332 g/mol. The summed E-state index contributed by atoms with van der Waals surface area (Å²) in [6.45, 7) is 11.5. The molecule has 1 aromatic rings. The van der Waals surface area contributed by atoms with Crippen LogP contribution < -0.4 is 10.2 Å². The fraction of sp³-hybridized carbons (Fsp3) is 0.611. The Labute approximate surface area is 144 Å². The molecule has 1 aliphatic heterocycles. The summed E-state index contributed by atoms with van der Waals surface area (Å²) in [6, 6.07) is 3.68. The largest absolute Gasteiger partial charge is 0.355 e. The average molecular weight is 332 g/mol. The molecule has 0 saturated carbocycles. The molecule has 0 atom stereocenters. The van der Waals surface area contributed by atoms with Crippen molar-refractivity contribution in [2.45, 2.75) is 34.1 Å². The molecule has 1 saturated heterocycles. The molecule has 0 aromatic carbocycles. The lowest BCUT2D eigenvalue weighted by atomic mass is 9.94. The van der Waals surface area contributed by atoms with Crippen LogP contribution in [-0.2, 0) is 4.79 Å². The number of amides is 2. The number of carbonyl (C=O) groups excluding carboxylic acids is 2. The third-order valence-electron chi connectivity index (χ3n) is 4.10. The fourth-order valence-electron chi connectivity index (χ4n) is 2.79. The Kier molecular flexibility index (Phi) is 5.80. The van der Waals surface area contributed by atoms with Crippen LogP contribution in [0.5, 0.6) is 0 Å². The zero-order valence-corrected chi connectivity index (χ0v) is 15.1. The maximum atomic E-state index is 12.4. The highest BCUT2D eigenvalue weighted by Crippen LogP contribution is 2.20. The van der Waals surface area contributed by atoms with Crippen molar-refractivity contribution < 1.29 is 9.59 Å². The summed E-state index contributed by atoms with van der Waals surface area (Å²) < 4.78 is 0. The molecule has 2 heterocycles. The predicted octanol–water partition coefficient (Wildman–Crippen LogP) is 1.92. The minimum absolute atomic E-state index is 0.102. The van der Waals surface area contributed by atoms with Gasteiger partial charge in [-0.3, -0.25) is 9.59 Å². The smallest absolute Gasteiger partial charge is 0.252 e. The van der Waals surface area contributed by atoms with Gasteiger partial charge < -0.3 is 15.1 Å². The van der Waals surface area contributed by atoms with Gasteiger partial charge >= 0.3 is 0 Å².